The quantitative estimate of drug-likeness (QED) is 0.461. The first kappa shape index (κ1) is 24.2. The molecule has 0 saturated carbocycles. The molecule has 1 aliphatic heterocycles. The Labute approximate surface area is 201 Å². The number of amides is 1. The zero-order chi connectivity index (χ0) is 24.1. The highest BCUT2D eigenvalue weighted by Gasteiger charge is 2.28. The average molecular weight is 482 g/mol. The molecule has 0 N–H and O–H groups in total. The highest BCUT2D eigenvalue weighted by molar-refractivity contribution is 7.90. The summed E-state index contributed by atoms with van der Waals surface area (Å²) in [5, 5.41) is 0.0289. The van der Waals surface area contributed by atoms with Crippen LogP contribution in [0.1, 0.15) is 46.9 Å². The van der Waals surface area contributed by atoms with E-state index in [9.17, 15) is 13.2 Å². The minimum absolute atomic E-state index is 0.0289. The number of nitrogens with zero attached hydrogens (tertiary/aromatic N) is 3. The van der Waals surface area contributed by atoms with Crippen LogP contribution in [0.5, 0.6) is 0 Å². The van der Waals surface area contributed by atoms with Gasteiger partial charge < -0.3 is 14.2 Å². The van der Waals surface area contributed by atoms with Gasteiger partial charge in [-0.1, -0.05) is 48.5 Å². The summed E-state index contributed by atoms with van der Waals surface area (Å²) in [6.07, 6.45) is 3.34. The normalized spacial score (nSPS) is 16.0. The molecule has 0 radical (unpaired) electrons. The van der Waals surface area contributed by atoms with E-state index in [-0.39, 0.29) is 29.5 Å². The third kappa shape index (κ3) is 5.39. The molecule has 2 aromatic carbocycles. The number of sulfone groups is 1. The highest BCUT2D eigenvalue weighted by atomic mass is 32.2. The lowest BCUT2D eigenvalue weighted by Crippen LogP contribution is -2.32. The zero-order valence-corrected chi connectivity index (χ0v) is 20.5. The summed E-state index contributed by atoms with van der Waals surface area (Å²) in [4.78, 5) is 19.3. The maximum Gasteiger partial charge on any atom is 0.254 e. The topological polar surface area (TPSA) is 81.5 Å². The van der Waals surface area contributed by atoms with Crippen molar-refractivity contribution in [2.24, 2.45) is 0 Å². The third-order valence-corrected chi connectivity index (χ3v) is 7.78. The van der Waals surface area contributed by atoms with Gasteiger partial charge in [-0.3, -0.25) is 4.79 Å². The summed E-state index contributed by atoms with van der Waals surface area (Å²) in [7, 11) is -3.69. The lowest BCUT2D eigenvalue weighted by atomic mass is 10.1. The number of aromatic nitrogens is 2. The molecular weight excluding hydrogens is 450 g/mol. The van der Waals surface area contributed by atoms with Crippen molar-refractivity contribution >= 4 is 15.7 Å². The molecule has 1 fully saturated rings. The van der Waals surface area contributed by atoms with E-state index >= 15 is 0 Å². The van der Waals surface area contributed by atoms with Gasteiger partial charge in [-0.25, -0.2) is 13.4 Å². The van der Waals surface area contributed by atoms with Gasteiger partial charge in [0.25, 0.3) is 5.91 Å². The molecule has 8 heteroatoms. The number of hydrogen-bond donors (Lipinski definition) is 0. The van der Waals surface area contributed by atoms with E-state index in [1.54, 1.807) is 27.8 Å². The van der Waals surface area contributed by atoms with Gasteiger partial charge >= 0.3 is 0 Å². The number of aryl methyl sites for hydroxylation is 1. The largest absolute Gasteiger partial charge is 0.376 e. The Kier molecular flexibility index (Phi) is 7.48. The summed E-state index contributed by atoms with van der Waals surface area (Å²) in [6.45, 7) is 5.66. The van der Waals surface area contributed by atoms with Gasteiger partial charge in [0.2, 0.25) is 15.0 Å². The van der Waals surface area contributed by atoms with Crippen LogP contribution < -0.4 is 0 Å². The van der Waals surface area contributed by atoms with Crippen LogP contribution >= 0.6 is 0 Å². The van der Waals surface area contributed by atoms with Gasteiger partial charge in [0, 0.05) is 18.7 Å². The predicted octanol–water partition coefficient (Wildman–Crippen LogP) is 4.01. The average Bonchev–Trinajstić information content (AvgIpc) is 3.48. The van der Waals surface area contributed by atoms with Crippen molar-refractivity contribution in [1.82, 2.24) is 14.5 Å². The summed E-state index contributed by atoms with van der Waals surface area (Å²) in [6, 6.07) is 16.6. The van der Waals surface area contributed by atoms with Crippen molar-refractivity contribution in [1.29, 1.82) is 0 Å². The minimum atomic E-state index is -3.69. The molecule has 1 unspecified atom stereocenters. The molecule has 7 nitrogen and oxygen atoms in total. The number of carbonyl (C=O) groups excluding carboxylic acids is 1. The first-order valence-electron chi connectivity index (χ1n) is 11.7. The zero-order valence-electron chi connectivity index (χ0n) is 19.7. The Morgan fingerprint density at radius 2 is 1.88 bits per heavy atom. The summed E-state index contributed by atoms with van der Waals surface area (Å²) in [5.74, 6) is -0.214. The van der Waals surface area contributed by atoms with E-state index in [1.165, 1.54) is 0 Å². The molecule has 1 amide bonds. The van der Waals surface area contributed by atoms with Crippen molar-refractivity contribution < 1.29 is 17.9 Å². The fraction of sp³-hybridized carbons (Fsp3) is 0.385. The Balaban J connectivity index is 1.65. The molecule has 2 heterocycles. The second-order valence-corrected chi connectivity index (χ2v) is 10.5. The van der Waals surface area contributed by atoms with E-state index in [2.05, 4.69) is 4.98 Å². The van der Waals surface area contributed by atoms with Crippen molar-refractivity contribution in [3.8, 4) is 0 Å². The summed E-state index contributed by atoms with van der Waals surface area (Å²) < 4.78 is 34.3. The van der Waals surface area contributed by atoms with Gasteiger partial charge in [-0.05, 0) is 43.9 Å². The van der Waals surface area contributed by atoms with Gasteiger partial charge in [0.15, 0.2) is 0 Å². The number of rotatable bonds is 9. The molecule has 0 bridgehead atoms. The van der Waals surface area contributed by atoms with Gasteiger partial charge in [-0.2, -0.15) is 0 Å². The van der Waals surface area contributed by atoms with Gasteiger partial charge in [-0.15, -0.1) is 0 Å². The molecule has 0 spiro atoms. The number of carbonyl (C=O) groups is 1. The van der Waals surface area contributed by atoms with E-state index in [4.69, 9.17) is 4.74 Å². The van der Waals surface area contributed by atoms with E-state index in [0.29, 0.717) is 36.5 Å². The van der Waals surface area contributed by atoms with Crippen molar-refractivity contribution in [3.63, 3.8) is 0 Å². The van der Waals surface area contributed by atoms with Crippen LogP contribution in [0.15, 0.2) is 66.0 Å². The molecular formula is C26H31N3O4S. The summed E-state index contributed by atoms with van der Waals surface area (Å²) >= 11 is 0. The van der Waals surface area contributed by atoms with Crippen LogP contribution in [-0.2, 0) is 33.4 Å². The molecule has 0 aliphatic carbocycles. The second kappa shape index (κ2) is 10.5. The Morgan fingerprint density at radius 1 is 1.15 bits per heavy atom. The molecule has 180 valence electrons. The van der Waals surface area contributed by atoms with Crippen molar-refractivity contribution in [2.75, 3.05) is 13.2 Å². The molecule has 1 saturated heterocycles. The standard InChI is InChI=1S/C26H31N3O4S/c1-3-28(25(30)24-14-8-7-10-20(24)2)17-22-16-27-26(29(22)18-23-13-9-15-33-23)34(31,32)19-21-11-5-4-6-12-21/h4-8,10-12,14,16,23H,3,9,13,15,17-19H2,1-2H3. The van der Waals surface area contributed by atoms with Crippen molar-refractivity contribution in [3.05, 3.63) is 83.2 Å². The van der Waals surface area contributed by atoms with Crippen LogP contribution in [0.25, 0.3) is 0 Å². The first-order valence-corrected chi connectivity index (χ1v) is 13.3. The highest BCUT2D eigenvalue weighted by Crippen LogP contribution is 2.23. The van der Waals surface area contributed by atoms with Crippen LogP contribution in [0.3, 0.4) is 0 Å². The summed E-state index contributed by atoms with van der Waals surface area (Å²) in [5.41, 5.74) is 2.95. The smallest absolute Gasteiger partial charge is 0.254 e. The molecule has 34 heavy (non-hydrogen) atoms. The number of imidazole rings is 1. The van der Waals surface area contributed by atoms with Gasteiger partial charge in [0.05, 0.1) is 36.8 Å². The number of ether oxygens (including phenoxy) is 1. The maximum atomic E-state index is 13.4. The van der Waals surface area contributed by atoms with E-state index < -0.39 is 9.84 Å². The Hall–Kier alpha value is -2.97. The molecule has 1 atom stereocenters. The molecule has 1 aromatic heterocycles. The van der Waals surface area contributed by atoms with Crippen LogP contribution in [0, 0.1) is 6.92 Å². The van der Waals surface area contributed by atoms with E-state index in [1.807, 2.05) is 56.3 Å². The second-order valence-electron chi connectivity index (χ2n) is 8.66. The molecule has 3 aromatic rings. The SMILES string of the molecule is CCN(Cc1cnc(S(=O)(=O)Cc2ccccc2)n1CC1CCCO1)C(=O)c1ccccc1C. The monoisotopic (exact) mass is 481 g/mol. The molecule has 1 aliphatic rings. The van der Waals surface area contributed by atoms with Gasteiger partial charge in [0.1, 0.15) is 0 Å². The Morgan fingerprint density at radius 3 is 2.56 bits per heavy atom. The van der Waals surface area contributed by atoms with E-state index in [0.717, 1.165) is 18.4 Å². The molecule has 4 rings (SSSR count). The minimum Gasteiger partial charge on any atom is -0.376 e. The Bertz CT molecular complexity index is 1230. The lowest BCUT2D eigenvalue weighted by molar-refractivity contribution is 0.0740. The lowest BCUT2D eigenvalue weighted by Gasteiger charge is -2.23. The van der Waals surface area contributed by atoms with Crippen LogP contribution in [0.4, 0.5) is 0 Å². The maximum absolute atomic E-state index is 13.4. The fourth-order valence-electron chi connectivity index (χ4n) is 4.32. The third-order valence-electron chi connectivity index (χ3n) is 6.19. The predicted molar refractivity (Wildman–Crippen MR) is 130 cm³/mol. The number of benzene rings is 2. The van der Waals surface area contributed by atoms with Crippen LogP contribution in [-0.4, -0.2) is 48.0 Å². The van der Waals surface area contributed by atoms with Crippen LogP contribution in [0.2, 0.25) is 0 Å². The fourth-order valence-corrected chi connectivity index (χ4v) is 5.82. The van der Waals surface area contributed by atoms with Crippen molar-refractivity contribution in [2.45, 2.75) is 56.8 Å². The number of hydrogen-bond acceptors (Lipinski definition) is 5. The first-order chi connectivity index (χ1) is 16.4.